The van der Waals surface area contributed by atoms with Crippen LogP contribution in [0.25, 0.3) is 0 Å². The van der Waals surface area contributed by atoms with Gasteiger partial charge in [0.1, 0.15) is 0 Å². The van der Waals surface area contributed by atoms with Crippen molar-refractivity contribution in [2.45, 2.75) is 65.0 Å². The molecule has 4 heteroatoms. The van der Waals surface area contributed by atoms with Crippen LogP contribution in [0.15, 0.2) is 6.20 Å². The van der Waals surface area contributed by atoms with Crippen molar-refractivity contribution in [1.29, 1.82) is 0 Å². The van der Waals surface area contributed by atoms with E-state index in [0.717, 1.165) is 24.8 Å². The molecule has 1 fully saturated rings. The molecule has 1 aromatic heterocycles. The second-order valence-corrected chi connectivity index (χ2v) is 5.55. The van der Waals surface area contributed by atoms with Crippen molar-refractivity contribution < 1.29 is 4.74 Å². The zero-order valence-electron chi connectivity index (χ0n) is 12.5. The summed E-state index contributed by atoms with van der Waals surface area (Å²) >= 11 is 0. The first-order valence-electron chi connectivity index (χ1n) is 7.61. The van der Waals surface area contributed by atoms with Crippen LogP contribution < -0.4 is 5.32 Å². The van der Waals surface area contributed by atoms with Crippen LogP contribution in [0.4, 0.5) is 5.95 Å². The van der Waals surface area contributed by atoms with Crippen LogP contribution in [0.3, 0.4) is 0 Å². The van der Waals surface area contributed by atoms with E-state index in [-0.39, 0.29) is 6.10 Å². The largest absolute Gasteiger partial charge is 0.377 e. The Morgan fingerprint density at radius 1 is 1.42 bits per heavy atom. The van der Waals surface area contributed by atoms with E-state index in [1.54, 1.807) is 0 Å². The van der Waals surface area contributed by atoms with Gasteiger partial charge < -0.3 is 14.6 Å². The first-order chi connectivity index (χ1) is 9.20. The number of ether oxygens (including phenoxy) is 1. The molecule has 1 unspecified atom stereocenters. The van der Waals surface area contributed by atoms with E-state index in [4.69, 9.17) is 4.74 Å². The molecule has 0 bridgehead atoms. The maximum absolute atomic E-state index is 5.56. The Bertz CT molecular complexity index is 383. The van der Waals surface area contributed by atoms with Gasteiger partial charge in [0.05, 0.1) is 11.8 Å². The zero-order chi connectivity index (χ0) is 13.7. The molecule has 0 aliphatic heterocycles. The fraction of sp³-hybridized carbons (Fsp3) is 0.800. The predicted octanol–water partition coefficient (Wildman–Crippen LogP) is 3.53. The molecular formula is C15H27N3O. The SMILES string of the molecule is CCOC(C)CNc1nc(C)cn1C1CCCCC1. The number of nitrogens with zero attached hydrogens (tertiary/aromatic N) is 2. The van der Waals surface area contributed by atoms with E-state index in [0.29, 0.717) is 6.04 Å². The molecule has 1 aliphatic rings. The predicted molar refractivity (Wildman–Crippen MR) is 78.7 cm³/mol. The highest BCUT2D eigenvalue weighted by Gasteiger charge is 2.18. The molecule has 2 rings (SSSR count). The maximum Gasteiger partial charge on any atom is 0.203 e. The van der Waals surface area contributed by atoms with Crippen molar-refractivity contribution in [3.63, 3.8) is 0 Å². The van der Waals surface area contributed by atoms with Crippen LogP contribution in [-0.2, 0) is 4.74 Å². The third-order valence-electron chi connectivity index (χ3n) is 3.82. The summed E-state index contributed by atoms with van der Waals surface area (Å²) in [4.78, 5) is 4.61. The van der Waals surface area contributed by atoms with Gasteiger partial charge in [0, 0.05) is 25.4 Å². The maximum atomic E-state index is 5.56. The lowest BCUT2D eigenvalue weighted by molar-refractivity contribution is 0.0853. The highest BCUT2D eigenvalue weighted by molar-refractivity contribution is 5.29. The minimum absolute atomic E-state index is 0.224. The molecule has 1 aromatic rings. The summed E-state index contributed by atoms with van der Waals surface area (Å²) in [6, 6.07) is 0.625. The van der Waals surface area contributed by atoms with E-state index in [1.165, 1.54) is 32.1 Å². The second kappa shape index (κ2) is 6.94. The van der Waals surface area contributed by atoms with Gasteiger partial charge in [0.15, 0.2) is 0 Å². The summed E-state index contributed by atoms with van der Waals surface area (Å²) < 4.78 is 7.90. The molecule has 108 valence electrons. The number of aryl methyl sites for hydroxylation is 1. The molecule has 0 spiro atoms. The average Bonchev–Trinajstić information content (AvgIpc) is 2.79. The Morgan fingerprint density at radius 3 is 2.84 bits per heavy atom. The monoisotopic (exact) mass is 265 g/mol. The van der Waals surface area contributed by atoms with Crippen LogP contribution >= 0.6 is 0 Å². The van der Waals surface area contributed by atoms with Crippen LogP contribution in [0, 0.1) is 6.92 Å². The Kier molecular flexibility index (Phi) is 5.25. The first-order valence-corrected chi connectivity index (χ1v) is 7.61. The quantitative estimate of drug-likeness (QED) is 0.855. The summed E-state index contributed by atoms with van der Waals surface area (Å²) in [5, 5.41) is 3.44. The smallest absolute Gasteiger partial charge is 0.203 e. The third-order valence-corrected chi connectivity index (χ3v) is 3.82. The van der Waals surface area contributed by atoms with Gasteiger partial charge in [-0.05, 0) is 33.6 Å². The van der Waals surface area contributed by atoms with Crippen LogP contribution in [0.2, 0.25) is 0 Å². The van der Waals surface area contributed by atoms with Crippen molar-refractivity contribution in [2.75, 3.05) is 18.5 Å². The minimum Gasteiger partial charge on any atom is -0.377 e. The molecule has 1 aliphatic carbocycles. The van der Waals surface area contributed by atoms with E-state index < -0.39 is 0 Å². The highest BCUT2D eigenvalue weighted by atomic mass is 16.5. The number of imidazole rings is 1. The molecule has 1 heterocycles. The summed E-state index contributed by atoms with van der Waals surface area (Å²) in [6.45, 7) is 7.77. The lowest BCUT2D eigenvalue weighted by Crippen LogP contribution is -2.23. The molecule has 1 saturated carbocycles. The van der Waals surface area contributed by atoms with Crippen molar-refractivity contribution >= 4 is 5.95 Å². The Morgan fingerprint density at radius 2 is 2.16 bits per heavy atom. The minimum atomic E-state index is 0.224. The lowest BCUT2D eigenvalue weighted by Gasteiger charge is -2.25. The first kappa shape index (κ1) is 14.4. The van der Waals surface area contributed by atoms with Gasteiger partial charge in [-0.2, -0.15) is 0 Å². The number of aromatic nitrogens is 2. The molecule has 1 atom stereocenters. The summed E-state index contributed by atoms with van der Waals surface area (Å²) in [5.74, 6) is 1.01. The molecule has 19 heavy (non-hydrogen) atoms. The zero-order valence-corrected chi connectivity index (χ0v) is 12.5. The van der Waals surface area contributed by atoms with Crippen molar-refractivity contribution in [3.8, 4) is 0 Å². The number of rotatable bonds is 6. The molecular weight excluding hydrogens is 238 g/mol. The van der Waals surface area contributed by atoms with Crippen LogP contribution in [-0.4, -0.2) is 28.8 Å². The van der Waals surface area contributed by atoms with E-state index in [2.05, 4.69) is 34.9 Å². The number of nitrogens with one attached hydrogen (secondary N) is 1. The summed E-state index contributed by atoms with van der Waals surface area (Å²) in [5.41, 5.74) is 1.09. The fourth-order valence-corrected chi connectivity index (χ4v) is 2.86. The highest BCUT2D eigenvalue weighted by Crippen LogP contribution is 2.30. The third kappa shape index (κ3) is 3.96. The van der Waals surface area contributed by atoms with Gasteiger partial charge in [-0.3, -0.25) is 0 Å². The topological polar surface area (TPSA) is 39.1 Å². The van der Waals surface area contributed by atoms with E-state index in [9.17, 15) is 0 Å². The summed E-state index contributed by atoms with van der Waals surface area (Å²) in [7, 11) is 0. The molecule has 0 saturated heterocycles. The van der Waals surface area contributed by atoms with Crippen molar-refractivity contribution in [3.05, 3.63) is 11.9 Å². The molecule has 1 N–H and O–H groups in total. The van der Waals surface area contributed by atoms with Gasteiger partial charge in [0.25, 0.3) is 0 Å². The molecule has 0 aromatic carbocycles. The normalized spacial score (nSPS) is 18.5. The van der Waals surface area contributed by atoms with Gasteiger partial charge in [-0.25, -0.2) is 4.98 Å². The van der Waals surface area contributed by atoms with Crippen molar-refractivity contribution in [1.82, 2.24) is 9.55 Å². The van der Waals surface area contributed by atoms with E-state index in [1.807, 2.05) is 6.92 Å². The van der Waals surface area contributed by atoms with Gasteiger partial charge in [0.2, 0.25) is 5.95 Å². The molecule has 4 nitrogen and oxygen atoms in total. The number of hydrogen-bond acceptors (Lipinski definition) is 3. The molecule has 0 radical (unpaired) electrons. The average molecular weight is 265 g/mol. The Balaban J connectivity index is 1.99. The Hall–Kier alpha value is -1.03. The van der Waals surface area contributed by atoms with Gasteiger partial charge >= 0.3 is 0 Å². The van der Waals surface area contributed by atoms with Crippen LogP contribution in [0.1, 0.15) is 57.7 Å². The van der Waals surface area contributed by atoms with E-state index >= 15 is 0 Å². The van der Waals surface area contributed by atoms with Crippen LogP contribution in [0.5, 0.6) is 0 Å². The molecule has 0 amide bonds. The standard InChI is InChI=1S/C15H27N3O/c1-4-19-13(3)10-16-15-17-12(2)11-18(15)14-8-6-5-7-9-14/h11,13-14H,4-10H2,1-3H3,(H,16,17). The fourth-order valence-electron chi connectivity index (χ4n) is 2.86. The second-order valence-electron chi connectivity index (χ2n) is 5.55. The Labute approximate surface area is 116 Å². The van der Waals surface area contributed by atoms with Gasteiger partial charge in [-0.1, -0.05) is 19.3 Å². The lowest BCUT2D eigenvalue weighted by atomic mass is 9.95. The number of anilines is 1. The number of hydrogen-bond donors (Lipinski definition) is 1. The van der Waals surface area contributed by atoms with Crippen molar-refractivity contribution in [2.24, 2.45) is 0 Å². The summed E-state index contributed by atoms with van der Waals surface area (Å²) in [6.07, 6.45) is 9.05. The van der Waals surface area contributed by atoms with Gasteiger partial charge in [-0.15, -0.1) is 0 Å².